The molecule has 0 aliphatic carbocycles. The normalized spacial score (nSPS) is 11.3. The summed E-state index contributed by atoms with van der Waals surface area (Å²) in [5, 5.41) is 0. The molecular formula is C16H18N4O5S. The van der Waals surface area contributed by atoms with Crippen molar-refractivity contribution in [3.05, 3.63) is 42.2 Å². The SMILES string of the molecule is COC(=O)c1cc(N)c(Oc2cccnc2)c(S(=O)(=O)N=CN(C)C)c1. The number of esters is 1. The van der Waals surface area contributed by atoms with Gasteiger partial charge in [0.2, 0.25) is 0 Å². The van der Waals surface area contributed by atoms with E-state index in [1.165, 1.54) is 30.5 Å². The second-order valence-corrected chi connectivity index (χ2v) is 6.94. The molecule has 0 aliphatic heterocycles. The molecule has 1 aromatic carbocycles. The third kappa shape index (κ3) is 4.48. The Balaban J connectivity index is 2.64. The van der Waals surface area contributed by atoms with Crippen molar-refractivity contribution in [1.29, 1.82) is 0 Å². The lowest BCUT2D eigenvalue weighted by Crippen LogP contribution is -2.12. The first kappa shape index (κ1) is 19.2. The Bertz CT molecular complexity index is 927. The summed E-state index contributed by atoms with van der Waals surface area (Å²) in [5.74, 6) is -0.614. The third-order valence-corrected chi connectivity index (χ3v) is 4.28. The molecule has 0 aliphatic rings. The minimum absolute atomic E-state index is 0.0397. The number of nitrogens with zero attached hydrogens (tertiary/aromatic N) is 3. The molecule has 0 saturated heterocycles. The first-order valence-electron chi connectivity index (χ1n) is 7.31. The molecule has 9 nitrogen and oxygen atoms in total. The number of rotatable bonds is 6. The van der Waals surface area contributed by atoms with Gasteiger partial charge in [-0.15, -0.1) is 4.40 Å². The molecule has 1 aromatic heterocycles. The Morgan fingerprint density at radius 1 is 1.35 bits per heavy atom. The number of nitrogens with two attached hydrogens (primary N) is 1. The number of nitrogen functional groups attached to an aromatic ring is 1. The van der Waals surface area contributed by atoms with Crippen molar-refractivity contribution >= 4 is 28.0 Å². The highest BCUT2D eigenvalue weighted by atomic mass is 32.2. The van der Waals surface area contributed by atoms with Crippen molar-refractivity contribution in [2.75, 3.05) is 26.9 Å². The molecule has 0 radical (unpaired) electrons. The van der Waals surface area contributed by atoms with E-state index in [9.17, 15) is 13.2 Å². The van der Waals surface area contributed by atoms with Gasteiger partial charge >= 0.3 is 5.97 Å². The fourth-order valence-electron chi connectivity index (χ4n) is 1.90. The Hall–Kier alpha value is -3.14. The Kier molecular flexibility index (Phi) is 5.78. The zero-order valence-corrected chi connectivity index (χ0v) is 15.2. The van der Waals surface area contributed by atoms with E-state index < -0.39 is 16.0 Å². The van der Waals surface area contributed by atoms with E-state index in [-0.39, 0.29) is 27.6 Å². The predicted octanol–water partition coefficient (Wildman–Crippen LogP) is 1.52. The second kappa shape index (κ2) is 7.83. The summed E-state index contributed by atoms with van der Waals surface area (Å²) in [6.45, 7) is 0. The van der Waals surface area contributed by atoms with E-state index in [1.54, 1.807) is 26.2 Å². The lowest BCUT2D eigenvalue weighted by molar-refractivity contribution is 0.0600. The number of hydrogen-bond acceptors (Lipinski definition) is 7. The monoisotopic (exact) mass is 378 g/mol. The van der Waals surface area contributed by atoms with E-state index in [0.717, 1.165) is 12.4 Å². The highest BCUT2D eigenvalue weighted by Crippen LogP contribution is 2.36. The Morgan fingerprint density at radius 2 is 2.08 bits per heavy atom. The van der Waals surface area contributed by atoms with Crippen LogP contribution in [0.25, 0.3) is 0 Å². The maximum absolute atomic E-state index is 12.6. The van der Waals surface area contributed by atoms with Crippen LogP contribution >= 0.6 is 0 Å². The molecule has 0 spiro atoms. The summed E-state index contributed by atoms with van der Waals surface area (Å²) in [6.07, 6.45) is 4.05. The van der Waals surface area contributed by atoms with Crippen LogP contribution in [0.5, 0.6) is 11.5 Å². The van der Waals surface area contributed by atoms with Crippen molar-refractivity contribution in [3.63, 3.8) is 0 Å². The summed E-state index contributed by atoms with van der Waals surface area (Å²) < 4.78 is 39.1. The van der Waals surface area contributed by atoms with Gasteiger partial charge in [0.1, 0.15) is 17.0 Å². The summed E-state index contributed by atoms with van der Waals surface area (Å²) in [7, 11) is 0.212. The van der Waals surface area contributed by atoms with Crippen LogP contribution in [-0.4, -0.2) is 51.8 Å². The Morgan fingerprint density at radius 3 is 2.65 bits per heavy atom. The second-order valence-electron chi connectivity index (χ2n) is 5.33. The fourth-order valence-corrected chi connectivity index (χ4v) is 2.99. The minimum Gasteiger partial charge on any atom is -0.465 e. The van der Waals surface area contributed by atoms with Crippen molar-refractivity contribution in [3.8, 4) is 11.5 Å². The van der Waals surface area contributed by atoms with Crippen LogP contribution in [0.3, 0.4) is 0 Å². The van der Waals surface area contributed by atoms with Crippen LogP contribution in [0.4, 0.5) is 5.69 Å². The van der Waals surface area contributed by atoms with E-state index in [1.807, 2.05) is 0 Å². The molecule has 2 aromatic rings. The number of benzene rings is 1. The van der Waals surface area contributed by atoms with E-state index >= 15 is 0 Å². The molecule has 0 saturated carbocycles. The molecule has 0 bridgehead atoms. The predicted molar refractivity (Wildman–Crippen MR) is 95.9 cm³/mol. The number of hydrogen-bond donors (Lipinski definition) is 1. The van der Waals surface area contributed by atoms with Gasteiger partial charge in [0, 0.05) is 20.3 Å². The molecule has 0 fully saturated rings. The number of anilines is 1. The van der Waals surface area contributed by atoms with Crippen LogP contribution in [0.15, 0.2) is 46.0 Å². The number of aromatic nitrogens is 1. The quantitative estimate of drug-likeness (QED) is 0.347. The largest absolute Gasteiger partial charge is 0.465 e. The Labute approximate surface area is 151 Å². The summed E-state index contributed by atoms with van der Waals surface area (Å²) >= 11 is 0. The van der Waals surface area contributed by atoms with Crippen molar-refractivity contribution in [2.24, 2.45) is 4.40 Å². The van der Waals surface area contributed by atoms with Gasteiger partial charge in [0.25, 0.3) is 10.0 Å². The topological polar surface area (TPSA) is 124 Å². The zero-order valence-electron chi connectivity index (χ0n) is 14.4. The number of carbonyl (C=O) groups excluding carboxylic acids is 1. The highest BCUT2D eigenvalue weighted by Gasteiger charge is 2.25. The number of pyridine rings is 1. The maximum atomic E-state index is 12.6. The van der Waals surface area contributed by atoms with E-state index in [0.29, 0.717) is 0 Å². The molecule has 26 heavy (non-hydrogen) atoms. The molecule has 2 rings (SSSR count). The smallest absolute Gasteiger partial charge is 0.337 e. The molecule has 2 N–H and O–H groups in total. The molecule has 0 amide bonds. The number of sulfonamides is 1. The average Bonchev–Trinajstić information content (AvgIpc) is 2.61. The van der Waals surface area contributed by atoms with Crippen molar-refractivity contribution in [2.45, 2.75) is 4.90 Å². The molecule has 138 valence electrons. The number of ether oxygens (including phenoxy) is 2. The first-order valence-corrected chi connectivity index (χ1v) is 8.75. The van der Waals surface area contributed by atoms with Gasteiger partial charge in [-0.2, -0.15) is 8.42 Å². The number of methoxy groups -OCH3 is 1. The maximum Gasteiger partial charge on any atom is 0.337 e. The first-order chi connectivity index (χ1) is 12.2. The number of carbonyl (C=O) groups is 1. The lowest BCUT2D eigenvalue weighted by Gasteiger charge is -2.14. The van der Waals surface area contributed by atoms with Crippen molar-refractivity contribution in [1.82, 2.24) is 9.88 Å². The zero-order chi connectivity index (χ0) is 19.3. The summed E-state index contributed by atoms with van der Waals surface area (Å²) in [5.41, 5.74) is 5.84. The van der Waals surface area contributed by atoms with Gasteiger partial charge < -0.3 is 20.1 Å². The molecule has 0 atom stereocenters. The van der Waals surface area contributed by atoms with Crippen LogP contribution in [0.2, 0.25) is 0 Å². The van der Waals surface area contributed by atoms with Gasteiger partial charge in [-0.1, -0.05) is 0 Å². The third-order valence-electron chi connectivity index (χ3n) is 3.05. The minimum atomic E-state index is -4.20. The van der Waals surface area contributed by atoms with Gasteiger partial charge in [0.05, 0.1) is 24.6 Å². The van der Waals surface area contributed by atoms with Crippen LogP contribution in [-0.2, 0) is 14.8 Å². The lowest BCUT2D eigenvalue weighted by atomic mass is 10.2. The van der Waals surface area contributed by atoms with E-state index in [2.05, 4.69) is 14.1 Å². The van der Waals surface area contributed by atoms with Gasteiger partial charge in [-0.3, -0.25) is 4.98 Å². The van der Waals surface area contributed by atoms with Gasteiger partial charge in [-0.05, 0) is 24.3 Å². The van der Waals surface area contributed by atoms with Crippen LogP contribution in [0.1, 0.15) is 10.4 Å². The van der Waals surface area contributed by atoms with Gasteiger partial charge in [0.15, 0.2) is 5.75 Å². The van der Waals surface area contributed by atoms with Crippen LogP contribution in [0, 0.1) is 0 Å². The van der Waals surface area contributed by atoms with Crippen molar-refractivity contribution < 1.29 is 22.7 Å². The summed E-state index contributed by atoms with van der Waals surface area (Å²) in [6, 6.07) is 5.58. The van der Waals surface area contributed by atoms with Crippen LogP contribution < -0.4 is 10.5 Å². The average molecular weight is 378 g/mol. The van der Waals surface area contributed by atoms with Gasteiger partial charge in [-0.25, -0.2) is 4.79 Å². The molecule has 10 heteroatoms. The summed E-state index contributed by atoms with van der Waals surface area (Å²) in [4.78, 5) is 16.8. The fraction of sp³-hybridized carbons (Fsp3) is 0.188. The molecule has 0 unspecified atom stereocenters. The molecular weight excluding hydrogens is 360 g/mol. The van der Waals surface area contributed by atoms with E-state index in [4.69, 9.17) is 10.5 Å². The molecule has 1 heterocycles. The highest BCUT2D eigenvalue weighted by molar-refractivity contribution is 7.90. The standard InChI is InChI=1S/C16H18N4O5S/c1-20(2)10-19-26(22,23)14-8-11(16(21)24-3)7-13(17)15(14)25-12-5-4-6-18-9-12/h4-10H,17H2,1-3H3.